The molecular weight excluding hydrogens is 319 g/mol. The minimum absolute atomic E-state index is 0.324. The number of anilines is 1. The summed E-state index contributed by atoms with van der Waals surface area (Å²) in [6.45, 7) is 7.08. The summed E-state index contributed by atoms with van der Waals surface area (Å²) in [5.74, 6) is -0.324. The predicted molar refractivity (Wildman–Crippen MR) is 76.4 cm³/mol. The number of carbonyl (C=O) groups is 1. The molecule has 124 valence electrons. The lowest BCUT2D eigenvalue weighted by molar-refractivity contribution is -0.201. The van der Waals surface area contributed by atoms with Gasteiger partial charge in [0.15, 0.2) is 5.13 Å². The average Bonchev–Trinajstić information content (AvgIpc) is 2.88. The van der Waals surface area contributed by atoms with Gasteiger partial charge in [-0.2, -0.15) is 13.2 Å². The number of hydroxylamine groups is 2. The van der Waals surface area contributed by atoms with Gasteiger partial charge < -0.3 is 9.74 Å². The molecule has 2 rings (SSSR count). The number of carbonyl (C=O) groups excluding carboxylic acids is 1. The average molecular weight is 337 g/mol. The Morgan fingerprint density at radius 2 is 1.82 bits per heavy atom. The summed E-state index contributed by atoms with van der Waals surface area (Å²) in [7, 11) is 0. The molecule has 0 radical (unpaired) electrons. The van der Waals surface area contributed by atoms with E-state index in [4.69, 9.17) is 4.84 Å². The minimum Gasteiger partial charge on any atom is -0.367 e. The number of hydrogen-bond acceptors (Lipinski definition) is 6. The normalized spacial score (nSPS) is 17.6. The Kier molecular flexibility index (Phi) is 4.67. The van der Waals surface area contributed by atoms with Gasteiger partial charge in [0.05, 0.1) is 24.7 Å². The molecule has 0 spiro atoms. The van der Waals surface area contributed by atoms with Crippen molar-refractivity contribution in [2.75, 3.05) is 31.1 Å². The number of alkyl halides is 3. The van der Waals surface area contributed by atoms with Gasteiger partial charge in [0.2, 0.25) is 0 Å². The van der Waals surface area contributed by atoms with E-state index in [1.54, 1.807) is 30.7 Å². The highest BCUT2D eigenvalue weighted by Crippen LogP contribution is 2.36. The first-order valence-electron chi connectivity index (χ1n) is 6.83. The molecule has 0 amide bonds. The van der Waals surface area contributed by atoms with Crippen LogP contribution in [0.5, 0.6) is 0 Å². The summed E-state index contributed by atoms with van der Waals surface area (Å²) in [5.41, 5.74) is -0.589. The number of nitrogens with zero attached hydrogens (tertiary/aromatic N) is 3. The number of hydrogen-bond donors (Lipinski definition) is 0. The second-order valence-corrected chi connectivity index (χ2v) is 7.06. The van der Waals surface area contributed by atoms with Crippen LogP contribution in [0.25, 0.3) is 0 Å². The molecule has 0 unspecified atom stereocenters. The van der Waals surface area contributed by atoms with E-state index in [-0.39, 0.29) is 5.97 Å². The molecule has 22 heavy (non-hydrogen) atoms. The van der Waals surface area contributed by atoms with E-state index < -0.39 is 16.5 Å². The number of rotatable bonds is 2. The molecule has 2 heterocycles. The van der Waals surface area contributed by atoms with Crippen LogP contribution in [0.15, 0.2) is 6.20 Å². The van der Waals surface area contributed by atoms with Gasteiger partial charge in [0, 0.05) is 13.1 Å². The van der Waals surface area contributed by atoms with Crippen molar-refractivity contribution >= 4 is 22.4 Å². The predicted octanol–water partition coefficient (Wildman–Crippen LogP) is 2.79. The molecule has 0 atom stereocenters. The maximum Gasteiger partial charge on any atom is 0.427 e. The third-order valence-corrected chi connectivity index (χ3v) is 4.21. The molecule has 5 nitrogen and oxygen atoms in total. The monoisotopic (exact) mass is 337 g/mol. The van der Waals surface area contributed by atoms with Crippen LogP contribution >= 0.6 is 11.3 Å². The van der Waals surface area contributed by atoms with Gasteiger partial charge in [-0.05, 0) is 20.8 Å². The van der Waals surface area contributed by atoms with E-state index in [0.29, 0.717) is 42.6 Å². The molecule has 1 aromatic rings. The lowest BCUT2D eigenvalue weighted by Gasteiger charge is -2.34. The van der Waals surface area contributed by atoms with Gasteiger partial charge in [-0.3, -0.25) is 0 Å². The third kappa shape index (κ3) is 4.10. The third-order valence-electron chi connectivity index (χ3n) is 3.11. The SMILES string of the molecule is CC(C)(C)C(=O)ON1CCN(c2ncc(C(F)(F)F)s2)CC1. The van der Waals surface area contributed by atoms with Crippen molar-refractivity contribution in [3.05, 3.63) is 11.1 Å². The molecule has 0 aliphatic carbocycles. The molecular formula is C13H18F3N3O2S. The van der Waals surface area contributed by atoms with Crippen LogP contribution in [0.2, 0.25) is 0 Å². The van der Waals surface area contributed by atoms with E-state index in [2.05, 4.69) is 4.98 Å². The van der Waals surface area contributed by atoms with Crippen molar-refractivity contribution in [1.29, 1.82) is 0 Å². The topological polar surface area (TPSA) is 45.7 Å². The van der Waals surface area contributed by atoms with Crippen molar-refractivity contribution in [3.8, 4) is 0 Å². The van der Waals surface area contributed by atoms with Gasteiger partial charge in [-0.1, -0.05) is 11.3 Å². The second kappa shape index (κ2) is 6.04. The van der Waals surface area contributed by atoms with Gasteiger partial charge in [-0.15, -0.1) is 5.06 Å². The van der Waals surface area contributed by atoms with Crippen molar-refractivity contribution in [3.63, 3.8) is 0 Å². The minimum atomic E-state index is -4.36. The van der Waals surface area contributed by atoms with E-state index in [1.165, 1.54) is 0 Å². The highest BCUT2D eigenvalue weighted by atomic mass is 32.1. The van der Waals surface area contributed by atoms with Crippen molar-refractivity contribution in [2.24, 2.45) is 5.41 Å². The van der Waals surface area contributed by atoms with Crippen LogP contribution in [0.3, 0.4) is 0 Å². The highest BCUT2D eigenvalue weighted by Gasteiger charge is 2.34. The maximum absolute atomic E-state index is 12.6. The van der Waals surface area contributed by atoms with E-state index in [1.807, 2.05) is 0 Å². The van der Waals surface area contributed by atoms with Crippen LogP contribution in [0.4, 0.5) is 18.3 Å². The Bertz CT molecular complexity index is 531. The van der Waals surface area contributed by atoms with E-state index >= 15 is 0 Å². The van der Waals surface area contributed by atoms with Crippen LogP contribution in [-0.2, 0) is 15.8 Å². The lowest BCUT2D eigenvalue weighted by atomic mass is 9.98. The number of piperazine rings is 1. The number of aromatic nitrogens is 1. The van der Waals surface area contributed by atoms with Crippen molar-refractivity contribution < 1.29 is 22.8 Å². The van der Waals surface area contributed by atoms with Gasteiger partial charge in [-0.25, -0.2) is 9.78 Å². The number of halogens is 3. The Hall–Kier alpha value is -1.35. The summed E-state index contributed by atoms with van der Waals surface area (Å²) >= 11 is 0.629. The summed E-state index contributed by atoms with van der Waals surface area (Å²) in [4.78, 5) is 21.9. The molecule has 1 fully saturated rings. The molecule has 1 aromatic heterocycles. The van der Waals surface area contributed by atoms with Crippen molar-refractivity contribution in [2.45, 2.75) is 26.9 Å². The van der Waals surface area contributed by atoms with Crippen LogP contribution < -0.4 is 4.90 Å². The summed E-state index contributed by atoms with van der Waals surface area (Å²) in [6, 6.07) is 0. The van der Waals surface area contributed by atoms with Crippen LogP contribution in [-0.4, -0.2) is 42.2 Å². The molecule has 1 aliphatic heterocycles. The molecule has 0 aromatic carbocycles. The quantitative estimate of drug-likeness (QED) is 0.830. The highest BCUT2D eigenvalue weighted by molar-refractivity contribution is 7.15. The summed E-state index contributed by atoms with van der Waals surface area (Å²) < 4.78 is 37.7. The standard InChI is InChI=1S/C13H18F3N3O2S/c1-12(2,3)10(20)21-19-6-4-18(5-7-19)11-17-8-9(22-11)13(14,15)16/h8H,4-7H2,1-3H3. The smallest absolute Gasteiger partial charge is 0.367 e. The first-order valence-corrected chi connectivity index (χ1v) is 7.64. The second-order valence-electron chi connectivity index (χ2n) is 6.05. The zero-order valence-corrected chi connectivity index (χ0v) is 13.4. The Morgan fingerprint density at radius 1 is 1.23 bits per heavy atom. The fraction of sp³-hybridized carbons (Fsp3) is 0.692. The van der Waals surface area contributed by atoms with Crippen LogP contribution in [0.1, 0.15) is 25.6 Å². The fourth-order valence-electron chi connectivity index (χ4n) is 1.77. The number of thiazole rings is 1. The first-order chi connectivity index (χ1) is 10.1. The molecule has 0 N–H and O–H groups in total. The summed E-state index contributed by atoms with van der Waals surface area (Å²) in [5, 5.41) is 1.89. The molecule has 1 saturated heterocycles. The lowest BCUT2D eigenvalue weighted by Crippen LogP contribution is -2.48. The molecule has 1 aliphatic rings. The molecule has 0 saturated carbocycles. The maximum atomic E-state index is 12.6. The van der Waals surface area contributed by atoms with Gasteiger partial charge in [0.25, 0.3) is 0 Å². The largest absolute Gasteiger partial charge is 0.427 e. The fourth-order valence-corrected chi connectivity index (χ4v) is 2.60. The zero-order valence-electron chi connectivity index (χ0n) is 12.6. The summed E-state index contributed by atoms with van der Waals surface area (Å²) in [6.07, 6.45) is -3.51. The molecule has 9 heteroatoms. The Balaban J connectivity index is 1.90. The Labute approximate surface area is 130 Å². The Morgan fingerprint density at radius 3 is 2.27 bits per heavy atom. The van der Waals surface area contributed by atoms with Crippen molar-refractivity contribution in [1.82, 2.24) is 10.0 Å². The van der Waals surface area contributed by atoms with E-state index in [9.17, 15) is 18.0 Å². The van der Waals surface area contributed by atoms with E-state index in [0.717, 1.165) is 6.20 Å². The molecule has 0 bridgehead atoms. The van der Waals surface area contributed by atoms with Gasteiger partial charge in [0.1, 0.15) is 4.88 Å². The first kappa shape index (κ1) is 17.0. The van der Waals surface area contributed by atoms with Crippen LogP contribution in [0, 0.1) is 5.41 Å². The van der Waals surface area contributed by atoms with Gasteiger partial charge >= 0.3 is 12.1 Å². The zero-order chi connectivity index (χ0) is 16.5.